The molecule has 0 saturated carbocycles. The summed E-state index contributed by atoms with van der Waals surface area (Å²) in [5, 5.41) is 0. The molecule has 0 spiro atoms. The van der Waals surface area contributed by atoms with Crippen molar-refractivity contribution in [2.75, 3.05) is 0 Å². The molecule has 0 aliphatic carbocycles. The van der Waals surface area contributed by atoms with Crippen LogP contribution in [0.2, 0.25) is 0 Å². The minimum absolute atomic E-state index is 0. The number of nitrogens with zero attached hydrogens (tertiary/aromatic N) is 4. The number of pyridine rings is 2. The Kier molecular flexibility index (Phi) is 8.08. The van der Waals surface area contributed by atoms with Gasteiger partial charge in [0.05, 0.1) is 5.69 Å². The second-order valence-corrected chi connectivity index (χ2v) is 6.33. The smallest absolute Gasteiger partial charge is 0.321 e. The molecule has 0 N–H and O–H groups in total. The third kappa shape index (κ3) is 5.78. The SMILES string of the molecule is Fc1c[c-]c(-c2ccccn2)c(F)n1.[Ir+3].[c-]1ccccc1-n1[c-][n+](-c2ccccc2)cc1. The molecular weight excluding hydrogens is 587 g/mol. The summed E-state index contributed by atoms with van der Waals surface area (Å²) in [5.41, 5.74) is 2.55. The number of rotatable bonds is 3. The fourth-order valence-corrected chi connectivity index (χ4v) is 2.78. The average Bonchev–Trinajstić information content (AvgIpc) is 3.32. The first-order valence-corrected chi connectivity index (χ1v) is 9.41. The van der Waals surface area contributed by atoms with E-state index in [0.717, 1.165) is 17.4 Å². The number of hydrogen-bond acceptors (Lipinski definition) is 2. The Morgan fingerprint density at radius 2 is 1.66 bits per heavy atom. The summed E-state index contributed by atoms with van der Waals surface area (Å²) in [6.45, 7) is 0. The topological polar surface area (TPSA) is 34.6 Å². The van der Waals surface area contributed by atoms with Crippen LogP contribution in [0.25, 0.3) is 22.6 Å². The summed E-state index contributed by atoms with van der Waals surface area (Å²) in [5.74, 6) is -1.79. The Morgan fingerprint density at radius 1 is 0.875 bits per heavy atom. The van der Waals surface area contributed by atoms with Crippen molar-refractivity contribution in [3.05, 3.63) is 128 Å². The van der Waals surface area contributed by atoms with Gasteiger partial charge in [0, 0.05) is 18.6 Å². The first-order chi connectivity index (χ1) is 15.2. The number of benzene rings is 2. The number of aromatic nitrogens is 4. The van der Waals surface area contributed by atoms with Crippen molar-refractivity contribution < 1.29 is 33.5 Å². The maximum Gasteiger partial charge on any atom is 3.00 e. The van der Waals surface area contributed by atoms with Gasteiger partial charge >= 0.3 is 20.1 Å². The van der Waals surface area contributed by atoms with Gasteiger partial charge in [0.2, 0.25) is 0 Å². The van der Waals surface area contributed by atoms with Crippen LogP contribution in [-0.4, -0.2) is 14.5 Å². The van der Waals surface area contributed by atoms with Crippen molar-refractivity contribution in [1.82, 2.24) is 14.5 Å². The standard InChI is InChI=1S/C15H11N2.C10H5F2N2.Ir/c1-3-7-14(8-4-1)16-11-12-17(13-16)15-9-5-2-6-10-15;11-9-5-4-7(10(12)14-9)8-3-1-2-6-13-8;/h1-9,11-12H;1-3,5-6H;/q2*-1;+3. The van der Waals surface area contributed by atoms with E-state index in [2.05, 4.69) is 40.6 Å². The molecule has 5 aromatic rings. The van der Waals surface area contributed by atoms with Gasteiger partial charge in [-0.1, -0.05) is 42.0 Å². The van der Waals surface area contributed by atoms with Crippen LogP contribution in [0.4, 0.5) is 8.78 Å². The molecule has 3 aromatic heterocycles. The van der Waals surface area contributed by atoms with Gasteiger partial charge in [0.1, 0.15) is 11.9 Å². The second-order valence-electron chi connectivity index (χ2n) is 6.33. The third-order valence-electron chi connectivity index (χ3n) is 4.23. The summed E-state index contributed by atoms with van der Waals surface area (Å²) in [4.78, 5) is 6.95. The Balaban J connectivity index is 0.000000178. The molecule has 0 atom stereocenters. The minimum atomic E-state index is -0.899. The Labute approximate surface area is 198 Å². The zero-order chi connectivity index (χ0) is 21.5. The van der Waals surface area contributed by atoms with Crippen LogP contribution in [0.15, 0.2) is 97.5 Å². The van der Waals surface area contributed by atoms with E-state index in [1.165, 1.54) is 6.20 Å². The maximum atomic E-state index is 13.1. The fourth-order valence-electron chi connectivity index (χ4n) is 2.78. The summed E-state index contributed by atoms with van der Waals surface area (Å²) in [6.07, 6.45) is 8.72. The molecule has 0 unspecified atom stereocenters. The monoisotopic (exact) mass is 603 g/mol. The quantitative estimate of drug-likeness (QED) is 0.172. The summed E-state index contributed by atoms with van der Waals surface area (Å²) >= 11 is 0. The van der Waals surface area contributed by atoms with Gasteiger partial charge in [0.25, 0.3) is 6.33 Å². The van der Waals surface area contributed by atoms with Crippen molar-refractivity contribution >= 4 is 0 Å². The maximum absolute atomic E-state index is 13.1. The van der Waals surface area contributed by atoms with Gasteiger partial charge in [-0.2, -0.15) is 30.3 Å². The first kappa shape index (κ1) is 23.1. The van der Waals surface area contributed by atoms with E-state index in [0.29, 0.717) is 5.69 Å². The van der Waals surface area contributed by atoms with Gasteiger partial charge in [-0.3, -0.25) is 9.55 Å². The number of hydrogen-bond donors (Lipinski definition) is 0. The molecular formula is C25H16F2IrN4+. The van der Waals surface area contributed by atoms with Gasteiger partial charge in [0.15, 0.2) is 0 Å². The van der Waals surface area contributed by atoms with E-state index in [-0.39, 0.29) is 25.7 Å². The van der Waals surface area contributed by atoms with E-state index in [4.69, 9.17) is 0 Å². The van der Waals surface area contributed by atoms with Crippen LogP contribution < -0.4 is 4.57 Å². The van der Waals surface area contributed by atoms with Crippen LogP contribution in [0, 0.1) is 30.4 Å². The van der Waals surface area contributed by atoms with Crippen LogP contribution in [0.1, 0.15) is 0 Å². The number of halogens is 2. The molecule has 0 aliphatic rings. The predicted octanol–water partition coefficient (Wildman–Crippen LogP) is 4.57. The molecule has 0 saturated heterocycles. The molecule has 158 valence electrons. The van der Waals surface area contributed by atoms with Crippen molar-refractivity contribution in [3.8, 4) is 22.6 Å². The van der Waals surface area contributed by atoms with Crippen LogP contribution in [0.3, 0.4) is 0 Å². The summed E-state index contributed by atoms with van der Waals surface area (Å²) in [6, 6.07) is 29.6. The fraction of sp³-hybridized carbons (Fsp3) is 0. The molecule has 0 fully saturated rings. The Bertz CT molecular complexity index is 1190. The third-order valence-corrected chi connectivity index (χ3v) is 4.23. The van der Waals surface area contributed by atoms with E-state index >= 15 is 0 Å². The zero-order valence-electron chi connectivity index (χ0n) is 16.6. The Morgan fingerprint density at radius 3 is 2.34 bits per heavy atom. The zero-order valence-corrected chi connectivity index (χ0v) is 19.0. The normalized spacial score (nSPS) is 9.94. The summed E-state index contributed by atoms with van der Waals surface area (Å²) in [7, 11) is 0. The molecule has 2 aromatic carbocycles. The van der Waals surface area contributed by atoms with Crippen LogP contribution in [-0.2, 0) is 20.1 Å². The second kappa shape index (κ2) is 11.2. The van der Waals surface area contributed by atoms with E-state index in [1.54, 1.807) is 18.2 Å². The molecule has 0 radical (unpaired) electrons. The number of imidazole rings is 1. The van der Waals surface area contributed by atoms with Gasteiger partial charge in [-0.15, -0.1) is 6.07 Å². The van der Waals surface area contributed by atoms with Crippen molar-refractivity contribution in [2.24, 2.45) is 0 Å². The largest absolute Gasteiger partial charge is 3.00 e. The average molecular weight is 603 g/mol. The van der Waals surface area contributed by atoms with E-state index in [9.17, 15) is 8.78 Å². The minimum Gasteiger partial charge on any atom is -0.321 e. The molecule has 32 heavy (non-hydrogen) atoms. The van der Waals surface area contributed by atoms with Crippen molar-refractivity contribution in [3.63, 3.8) is 0 Å². The van der Waals surface area contributed by atoms with Crippen molar-refractivity contribution in [1.29, 1.82) is 0 Å². The van der Waals surface area contributed by atoms with Gasteiger partial charge < -0.3 is 9.55 Å². The molecule has 3 heterocycles. The molecule has 5 rings (SSSR count). The molecule has 0 amide bonds. The van der Waals surface area contributed by atoms with E-state index < -0.39 is 11.9 Å². The molecule has 7 heteroatoms. The molecule has 0 aliphatic heterocycles. The predicted molar refractivity (Wildman–Crippen MR) is 111 cm³/mol. The van der Waals surface area contributed by atoms with Gasteiger partial charge in [-0.25, -0.2) is 8.78 Å². The van der Waals surface area contributed by atoms with Crippen molar-refractivity contribution in [2.45, 2.75) is 0 Å². The van der Waals surface area contributed by atoms with Crippen LogP contribution in [0.5, 0.6) is 0 Å². The molecule has 0 bridgehead atoms. The summed E-state index contributed by atoms with van der Waals surface area (Å²) < 4.78 is 29.5. The number of para-hydroxylation sites is 2. The van der Waals surface area contributed by atoms with Crippen LogP contribution >= 0.6 is 0 Å². The molecule has 4 nitrogen and oxygen atoms in total. The first-order valence-electron chi connectivity index (χ1n) is 9.41. The van der Waals surface area contributed by atoms with Gasteiger partial charge in [-0.05, 0) is 29.6 Å². The Hall–Kier alpha value is -3.54. The van der Waals surface area contributed by atoms with E-state index in [1.807, 2.05) is 64.0 Å².